The van der Waals surface area contributed by atoms with Gasteiger partial charge in [0, 0.05) is 5.69 Å². The van der Waals surface area contributed by atoms with E-state index in [1.807, 2.05) is 5.32 Å². The molecule has 0 saturated heterocycles. The van der Waals surface area contributed by atoms with Crippen molar-refractivity contribution in [2.75, 3.05) is 11.9 Å². The van der Waals surface area contributed by atoms with E-state index in [-0.39, 0.29) is 22.4 Å². The molecule has 1 heterocycles. The quantitative estimate of drug-likeness (QED) is 0.780. The molecule has 0 saturated carbocycles. The minimum Gasteiger partial charge on any atom is -0.440 e. The van der Waals surface area contributed by atoms with Gasteiger partial charge in [0.2, 0.25) is 0 Å². The van der Waals surface area contributed by atoms with E-state index >= 15 is 0 Å². The third-order valence-electron chi connectivity index (χ3n) is 3.66. The molecular formula is C18H11F3N2O6. The lowest BCUT2D eigenvalue weighted by molar-refractivity contribution is -0.159. The molecule has 0 fully saturated rings. The molecule has 0 radical (unpaired) electrons. The number of benzene rings is 2. The molecule has 29 heavy (non-hydrogen) atoms. The van der Waals surface area contributed by atoms with E-state index in [1.54, 1.807) is 12.1 Å². The molecule has 150 valence electrons. The van der Waals surface area contributed by atoms with Crippen LogP contribution in [0.4, 0.5) is 23.7 Å². The summed E-state index contributed by atoms with van der Waals surface area (Å²) in [7, 11) is 0. The number of fused-ring (bicyclic) bond motifs is 1. The number of halogens is 3. The summed E-state index contributed by atoms with van der Waals surface area (Å²) < 4.78 is 40.0. The molecule has 0 bridgehead atoms. The van der Waals surface area contributed by atoms with Gasteiger partial charge in [-0.1, -0.05) is 17.2 Å². The topological polar surface area (TPSA) is 102 Å². The minimum absolute atomic E-state index is 0.0504. The summed E-state index contributed by atoms with van der Waals surface area (Å²) in [6.45, 7) is -1.75. The lowest BCUT2D eigenvalue weighted by Crippen LogP contribution is -2.32. The number of alkyl halides is 3. The summed E-state index contributed by atoms with van der Waals surface area (Å²) in [6, 6.07) is 10.7. The first-order valence-electron chi connectivity index (χ1n) is 7.96. The van der Waals surface area contributed by atoms with Crippen LogP contribution < -0.4 is 5.32 Å². The van der Waals surface area contributed by atoms with Gasteiger partial charge in [-0.3, -0.25) is 14.9 Å². The smallest absolute Gasteiger partial charge is 0.422 e. The second-order valence-corrected chi connectivity index (χ2v) is 5.72. The Bertz CT molecular complexity index is 953. The molecule has 2 aromatic carbocycles. The Kier molecular flexibility index (Phi) is 5.22. The van der Waals surface area contributed by atoms with Crippen molar-refractivity contribution in [1.82, 2.24) is 5.06 Å². The number of carbonyl (C=O) groups is 4. The van der Waals surface area contributed by atoms with Gasteiger partial charge in [-0.15, -0.1) is 0 Å². The van der Waals surface area contributed by atoms with Crippen molar-refractivity contribution < 1.29 is 41.9 Å². The molecule has 3 rings (SSSR count). The Balaban J connectivity index is 1.61. The van der Waals surface area contributed by atoms with Crippen LogP contribution in [0.1, 0.15) is 31.1 Å². The van der Waals surface area contributed by atoms with Crippen molar-refractivity contribution in [3.8, 4) is 0 Å². The van der Waals surface area contributed by atoms with Crippen molar-refractivity contribution >= 4 is 29.6 Å². The van der Waals surface area contributed by atoms with Crippen molar-refractivity contribution in [3.05, 3.63) is 65.2 Å². The van der Waals surface area contributed by atoms with Crippen molar-refractivity contribution in [2.24, 2.45) is 0 Å². The Labute approximate surface area is 160 Å². The summed E-state index contributed by atoms with van der Waals surface area (Å²) in [4.78, 5) is 52.7. The van der Waals surface area contributed by atoms with Crippen LogP contribution in [-0.4, -0.2) is 41.7 Å². The summed E-state index contributed by atoms with van der Waals surface area (Å²) in [5.74, 6) is -2.60. The van der Waals surface area contributed by atoms with Gasteiger partial charge in [-0.2, -0.15) is 13.2 Å². The van der Waals surface area contributed by atoms with Crippen molar-refractivity contribution in [1.29, 1.82) is 0 Å². The molecule has 8 nitrogen and oxygen atoms in total. The van der Waals surface area contributed by atoms with E-state index in [0.29, 0.717) is 5.06 Å². The number of imide groups is 1. The standard InChI is InChI=1S/C18H11F3N2O6/c19-18(20,21)9-28-17(27)22-11-7-5-10(6-8-11)16(26)29-23-14(24)12-3-1-2-4-13(12)15(23)25/h1-8H,9H2,(H,22,27). The average Bonchev–Trinajstić information content (AvgIpc) is 2.92. The summed E-state index contributed by atoms with van der Waals surface area (Å²) in [6.07, 6.45) is -5.99. The number of hydrogen-bond donors (Lipinski definition) is 1. The third-order valence-corrected chi connectivity index (χ3v) is 3.66. The van der Waals surface area contributed by atoms with Crippen LogP contribution in [0.25, 0.3) is 0 Å². The second kappa shape index (κ2) is 7.62. The molecule has 11 heteroatoms. The van der Waals surface area contributed by atoms with Crippen LogP contribution in [0.3, 0.4) is 0 Å². The van der Waals surface area contributed by atoms with Crippen LogP contribution in [0.2, 0.25) is 0 Å². The highest BCUT2D eigenvalue weighted by molar-refractivity contribution is 6.21. The van der Waals surface area contributed by atoms with Gasteiger partial charge in [0.05, 0.1) is 16.7 Å². The van der Waals surface area contributed by atoms with Crippen molar-refractivity contribution in [2.45, 2.75) is 6.18 Å². The predicted octanol–water partition coefficient (Wildman–Crippen LogP) is 3.17. The van der Waals surface area contributed by atoms with Gasteiger partial charge in [-0.05, 0) is 36.4 Å². The average molecular weight is 408 g/mol. The molecule has 0 spiro atoms. The maximum Gasteiger partial charge on any atom is 0.422 e. The number of hydrogen-bond acceptors (Lipinski definition) is 6. The number of nitrogens with one attached hydrogen (secondary N) is 1. The lowest BCUT2D eigenvalue weighted by Gasteiger charge is -2.13. The third kappa shape index (κ3) is 4.51. The number of carbonyl (C=O) groups excluding carboxylic acids is 4. The first kappa shape index (κ1) is 19.9. The van der Waals surface area contributed by atoms with Gasteiger partial charge in [-0.25, -0.2) is 9.59 Å². The second-order valence-electron chi connectivity index (χ2n) is 5.72. The fourth-order valence-electron chi connectivity index (χ4n) is 2.38. The molecule has 1 aliphatic heterocycles. The summed E-state index contributed by atoms with van der Waals surface area (Å²) >= 11 is 0. The first-order valence-corrected chi connectivity index (χ1v) is 7.96. The number of amides is 3. The van der Waals surface area contributed by atoms with E-state index in [2.05, 4.69) is 4.74 Å². The van der Waals surface area contributed by atoms with Crippen LogP contribution in [-0.2, 0) is 9.57 Å². The van der Waals surface area contributed by atoms with Crippen molar-refractivity contribution in [3.63, 3.8) is 0 Å². The zero-order valence-electron chi connectivity index (χ0n) is 14.4. The fourth-order valence-corrected chi connectivity index (χ4v) is 2.38. The molecule has 0 aromatic heterocycles. The maximum atomic E-state index is 12.2. The summed E-state index contributed by atoms with van der Waals surface area (Å²) in [5, 5.41) is 2.39. The molecule has 0 unspecified atom stereocenters. The molecule has 1 N–H and O–H groups in total. The van der Waals surface area contributed by atoms with Crippen LogP contribution in [0, 0.1) is 0 Å². The minimum atomic E-state index is -4.66. The molecular weight excluding hydrogens is 397 g/mol. The number of nitrogens with zero attached hydrogens (tertiary/aromatic N) is 1. The summed E-state index contributed by atoms with van der Waals surface area (Å²) in [5.41, 5.74) is 0.176. The SMILES string of the molecule is O=C(Nc1ccc(C(=O)ON2C(=O)c3ccccc3C2=O)cc1)OCC(F)(F)F. The number of rotatable bonds is 4. The normalized spacial score (nSPS) is 13.1. The van der Waals surface area contributed by atoms with Crippen LogP contribution in [0.15, 0.2) is 48.5 Å². The van der Waals surface area contributed by atoms with E-state index in [1.165, 1.54) is 36.4 Å². The van der Waals surface area contributed by atoms with Gasteiger partial charge in [0.1, 0.15) is 0 Å². The zero-order valence-corrected chi connectivity index (χ0v) is 14.4. The zero-order chi connectivity index (χ0) is 21.2. The number of ether oxygens (including phenoxy) is 1. The molecule has 3 amide bonds. The number of anilines is 1. The Morgan fingerprint density at radius 2 is 1.48 bits per heavy atom. The predicted molar refractivity (Wildman–Crippen MR) is 89.8 cm³/mol. The largest absolute Gasteiger partial charge is 0.440 e. The van der Waals surface area contributed by atoms with Gasteiger partial charge in [0.15, 0.2) is 6.61 Å². The Morgan fingerprint density at radius 3 is 2.00 bits per heavy atom. The van der Waals surface area contributed by atoms with Gasteiger partial charge in [0.25, 0.3) is 11.8 Å². The van der Waals surface area contributed by atoms with E-state index < -0.39 is 36.7 Å². The monoisotopic (exact) mass is 408 g/mol. The lowest BCUT2D eigenvalue weighted by atomic mass is 10.1. The molecule has 2 aromatic rings. The molecule has 1 aliphatic rings. The van der Waals surface area contributed by atoms with Crippen LogP contribution in [0.5, 0.6) is 0 Å². The van der Waals surface area contributed by atoms with Crippen LogP contribution >= 0.6 is 0 Å². The number of hydroxylamine groups is 2. The highest BCUT2D eigenvalue weighted by Crippen LogP contribution is 2.23. The van der Waals surface area contributed by atoms with E-state index in [4.69, 9.17) is 4.84 Å². The fraction of sp³-hybridized carbons (Fsp3) is 0.111. The molecule has 0 aliphatic carbocycles. The highest BCUT2D eigenvalue weighted by Gasteiger charge is 2.38. The van der Waals surface area contributed by atoms with E-state index in [0.717, 1.165) is 0 Å². The van der Waals surface area contributed by atoms with Gasteiger partial charge < -0.3 is 9.57 Å². The van der Waals surface area contributed by atoms with Gasteiger partial charge >= 0.3 is 18.2 Å². The van der Waals surface area contributed by atoms with E-state index in [9.17, 15) is 32.3 Å². The highest BCUT2D eigenvalue weighted by atomic mass is 19.4. The Morgan fingerprint density at radius 1 is 0.931 bits per heavy atom. The Hall–Kier alpha value is -3.89. The molecule has 0 atom stereocenters. The first-order chi connectivity index (χ1) is 13.7. The maximum absolute atomic E-state index is 12.2.